The molecule has 0 fully saturated rings. The summed E-state index contributed by atoms with van der Waals surface area (Å²) in [6.07, 6.45) is 1.25. The van der Waals surface area contributed by atoms with E-state index in [0.717, 1.165) is 5.56 Å². The number of hydrogen-bond acceptors (Lipinski definition) is 6. The van der Waals surface area contributed by atoms with Gasteiger partial charge in [0.1, 0.15) is 11.5 Å². The molecular weight excluding hydrogens is 284 g/mol. The molecule has 0 aliphatic carbocycles. The van der Waals surface area contributed by atoms with E-state index in [1.54, 1.807) is 36.4 Å². The Morgan fingerprint density at radius 3 is 2.45 bits per heavy atom. The van der Waals surface area contributed by atoms with E-state index in [9.17, 15) is 4.79 Å². The molecule has 0 aliphatic rings. The van der Waals surface area contributed by atoms with Crippen LogP contribution in [-0.2, 0) is 4.79 Å². The lowest BCUT2D eigenvalue weighted by molar-refractivity contribution is -0.136. The molecule has 1 aromatic heterocycles. The minimum Gasteiger partial charge on any atom is -0.482 e. The number of rotatable bonds is 5. The molecule has 6 heteroatoms. The van der Waals surface area contributed by atoms with Crippen molar-refractivity contribution in [1.82, 2.24) is 10.2 Å². The van der Waals surface area contributed by atoms with Gasteiger partial charge in [0.05, 0.1) is 0 Å². The Morgan fingerprint density at radius 2 is 1.77 bits per heavy atom. The van der Waals surface area contributed by atoms with Crippen molar-refractivity contribution in [2.45, 2.75) is 0 Å². The topological polar surface area (TPSA) is 74.5 Å². The number of benzene rings is 2. The number of hydrogen-bond donors (Lipinski definition) is 0. The molecule has 22 heavy (non-hydrogen) atoms. The summed E-state index contributed by atoms with van der Waals surface area (Å²) in [5.74, 6) is 0.968. The van der Waals surface area contributed by atoms with E-state index < -0.39 is 5.97 Å². The van der Waals surface area contributed by atoms with E-state index in [2.05, 4.69) is 10.2 Å². The van der Waals surface area contributed by atoms with Crippen LogP contribution in [0.5, 0.6) is 11.5 Å². The van der Waals surface area contributed by atoms with E-state index >= 15 is 0 Å². The molecule has 0 spiro atoms. The normalized spacial score (nSPS) is 10.2. The highest BCUT2D eigenvalue weighted by atomic mass is 16.6. The zero-order chi connectivity index (χ0) is 15.2. The maximum atomic E-state index is 11.7. The fourth-order valence-electron chi connectivity index (χ4n) is 1.78. The van der Waals surface area contributed by atoms with Crippen molar-refractivity contribution in [3.8, 4) is 23.0 Å². The summed E-state index contributed by atoms with van der Waals surface area (Å²) in [6, 6.07) is 15.8. The van der Waals surface area contributed by atoms with Crippen LogP contribution in [-0.4, -0.2) is 22.8 Å². The Kier molecular flexibility index (Phi) is 4.10. The predicted octanol–water partition coefficient (Wildman–Crippen LogP) is 2.72. The second kappa shape index (κ2) is 6.53. The third-order valence-electron chi connectivity index (χ3n) is 2.79. The van der Waals surface area contributed by atoms with Gasteiger partial charge in [-0.05, 0) is 36.4 Å². The Morgan fingerprint density at radius 1 is 1.00 bits per heavy atom. The van der Waals surface area contributed by atoms with Crippen molar-refractivity contribution >= 4 is 5.97 Å². The van der Waals surface area contributed by atoms with Gasteiger partial charge >= 0.3 is 5.97 Å². The van der Waals surface area contributed by atoms with E-state index in [1.807, 2.05) is 18.2 Å². The van der Waals surface area contributed by atoms with Crippen LogP contribution < -0.4 is 9.47 Å². The molecule has 0 N–H and O–H groups in total. The number of carbonyl (C=O) groups excluding carboxylic acids is 1. The van der Waals surface area contributed by atoms with Gasteiger partial charge < -0.3 is 13.9 Å². The maximum Gasteiger partial charge on any atom is 0.349 e. The lowest BCUT2D eigenvalue weighted by atomic mass is 10.2. The van der Waals surface area contributed by atoms with Gasteiger partial charge in [-0.25, -0.2) is 4.79 Å². The average Bonchev–Trinajstić information content (AvgIpc) is 3.09. The highest BCUT2D eigenvalue weighted by Crippen LogP contribution is 2.20. The zero-order valence-electron chi connectivity index (χ0n) is 11.5. The van der Waals surface area contributed by atoms with Crippen molar-refractivity contribution in [3.05, 3.63) is 61.0 Å². The maximum absolute atomic E-state index is 11.7. The first-order valence-electron chi connectivity index (χ1n) is 6.56. The van der Waals surface area contributed by atoms with Crippen LogP contribution in [0.25, 0.3) is 11.5 Å². The van der Waals surface area contributed by atoms with Crippen molar-refractivity contribution in [2.24, 2.45) is 0 Å². The summed E-state index contributed by atoms with van der Waals surface area (Å²) >= 11 is 0. The molecule has 0 unspecified atom stereocenters. The molecule has 0 aliphatic heterocycles. The van der Waals surface area contributed by atoms with Crippen molar-refractivity contribution < 1.29 is 18.7 Å². The van der Waals surface area contributed by atoms with E-state index in [0.29, 0.717) is 17.4 Å². The van der Waals surface area contributed by atoms with Gasteiger partial charge in [-0.2, -0.15) is 0 Å². The zero-order valence-corrected chi connectivity index (χ0v) is 11.5. The molecule has 0 radical (unpaired) electrons. The monoisotopic (exact) mass is 296 g/mol. The van der Waals surface area contributed by atoms with Crippen LogP contribution in [0.1, 0.15) is 0 Å². The number of ether oxygens (including phenoxy) is 2. The Labute approximate surface area is 126 Å². The van der Waals surface area contributed by atoms with Gasteiger partial charge in [-0.3, -0.25) is 0 Å². The van der Waals surface area contributed by atoms with E-state index in [-0.39, 0.29) is 6.61 Å². The molecule has 6 nitrogen and oxygen atoms in total. The van der Waals surface area contributed by atoms with Crippen molar-refractivity contribution in [3.63, 3.8) is 0 Å². The number of carbonyl (C=O) groups is 1. The minimum atomic E-state index is -0.477. The van der Waals surface area contributed by atoms with Gasteiger partial charge in [0.2, 0.25) is 12.3 Å². The summed E-state index contributed by atoms with van der Waals surface area (Å²) in [6.45, 7) is -0.157. The molecule has 0 bridgehead atoms. The number of aromatic nitrogens is 2. The summed E-state index contributed by atoms with van der Waals surface area (Å²) in [4.78, 5) is 11.7. The standard InChI is InChI=1S/C16H12N2O4/c19-15(10-20-13-4-2-1-3-5-13)22-14-8-6-12(7-9-14)16-18-17-11-21-16/h1-9,11H,10H2. The molecule has 3 rings (SSSR count). The van der Waals surface area contributed by atoms with Gasteiger partial charge in [0.25, 0.3) is 0 Å². The first-order chi connectivity index (χ1) is 10.8. The van der Waals surface area contributed by atoms with Crippen LogP contribution in [0.4, 0.5) is 0 Å². The Hall–Kier alpha value is -3.15. The van der Waals surface area contributed by atoms with E-state index in [1.165, 1.54) is 6.39 Å². The fraction of sp³-hybridized carbons (Fsp3) is 0.0625. The van der Waals surface area contributed by atoms with Crippen LogP contribution in [0.3, 0.4) is 0 Å². The number of para-hydroxylation sites is 1. The van der Waals surface area contributed by atoms with E-state index in [4.69, 9.17) is 13.9 Å². The van der Waals surface area contributed by atoms with Crippen LogP contribution in [0.15, 0.2) is 65.4 Å². The van der Waals surface area contributed by atoms with Crippen LogP contribution >= 0.6 is 0 Å². The summed E-state index contributed by atoms with van der Waals surface area (Å²) in [5.41, 5.74) is 0.748. The lowest BCUT2D eigenvalue weighted by Crippen LogP contribution is -2.17. The molecule has 0 amide bonds. The lowest BCUT2D eigenvalue weighted by Gasteiger charge is -2.06. The first kappa shape index (κ1) is 13.8. The van der Waals surface area contributed by atoms with Crippen molar-refractivity contribution in [2.75, 3.05) is 6.61 Å². The first-order valence-corrected chi connectivity index (χ1v) is 6.56. The van der Waals surface area contributed by atoms with Gasteiger partial charge in [0, 0.05) is 5.56 Å². The summed E-state index contributed by atoms with van der Waals surface area (Å²) in [5, 5.41) is 7.40. The Bertz CT molecular complexity index is 725. The highest BCUT2D eigenvalue weighted by Gasteiger charge is 2.08. The molecule has 110 valence electrons. The largest absolute Gasteiger partial charge is 0.482 e. The molecular formula is C16H12N2O4. The second-order valence-electron chi connectivity index (χ2n) is 4.34. The molecule has 0 atom stereocenters. The van der Waals surface area contributed by atoms with Crippen molar-refractivity contribution in [1.29, 1.82) is 0 Å². The third-order valence-corrected chi connectivity index (χ3v) is 2.79. The van der Waals surface area contributed by atoms with Gasteiger partial charge in [-0.15, -0.1) is 10.2 Å². The number of esters is 1. The predicted molar refractivity (Wildman–Crippen MR) is 77.3 cm³/mol. The highest BCUT2D eigenvalue weighted by molar-refractivity contribution is 5.74. The quantitative estimate of drug-likeness (QED) is 0.532. The third kappa shape index (κ3) is 3.49. The van der Waals surface area contributed by atoms with Gasteiger partial charge in [-0.1, -0.05) is 18.2 Å². The smallest absolute Gasteiger partial charge is 0.349 e. The fourth-order valence-corrected chi connectivity index (χ4v) is 1.78. The second-order valence-corrected chi connectivity index (χ2v) is 4.34. The molecule has 2 aromatic carbocycles. The summed E-state index contributed by atoms with van der Waals surface area (Å²) < 4.78 is 15.6. The van der Waals surface area contributed by atoms with Crippen LogP contribution in [0, 0.1) is 0 Å². The SMILES string of the molecule is O=C(COc1ccccc1)Oc1ccc(-c2nnco2)cc1. The van der Waals surface area contributed by atoms with Gasteiger partial charge in [0.15, 0.2) is 6.61 Å². The number of nitrogens with zero attached hydrogens (tertiary/aromatic N) is 2. The molecule has 3 aromatic rings. The molecule has 0 saturated carbocycles. The Balaban J connectivity index is 1.55. The summed E-state index contributed by atoms with van der Waals surface area (Å²) in [7, 11) is 0. The minimum absolute atomic E-state index is 0.157. The average molecular weight is 296 g/mol. The van der Waals surface area contributed by atoms with Crippen LogP contribution in [0.2, 0.25) is 0 Å². The molecule has 0 saturated heterocycles. The molecule has 1 heterocycles.